The monoisotopic (exact) mass is 385 g/mol. The van der Waals surface area contributed by atoms with E-state index in [0.29, 0.717) is 11.6 Å². The van der Waals surface area contributed by atoms with Gasteiger partial charge in [-0.15, -0.1) is 11.3 Å². The molecule has 1 aromatic heterocycles. The summed E-state index contributed by atoms with van der Waals surface area (Å²) in [6.07, 6.45) is 2.13. The molecule has 2 heterocycles. The van der Waals surface area contributed by atoms with Crippen LogP contribution >= 0.6 is 22.9 Å². The van der Waals surface area contributed by atoms with Gasteiger partial charge >= 0.3 is 0 Å². The molecule has 1 fully saturated rings. The third-order valence-electron chi connectivity index (χ3n) is 4.76. The van der Waals surface area contributed by atoms with E-state index in [4.69, 9.17) is 16.6 Å². The number of likely N-dealkylation sites (tertiary alicyclic amines) is 1. The van der Waals surface area contributed by atoms with E-state index in [1.165, 1.54) is 4.70 Å². The van der Waals surface area contributed by atoms with Crippen LogP contribution < -0.4 is 5.32 Å². The number of benzene rings is 2. The van der Waals surface area contributed by atoms with Crippen molar-refractivity contribution in [2.75, 3.05) is 18.4 Å². The highest BCUT2D eigenvalue weighted by Crippen LogP contribution is 2.36. The van der Waals surface area contributed by atoms with Gasteiger partial charge in [0.15, 0.2) is 0 Å². The Kier molecular flexibility index (Phi) is 4.94. The highest BCUT2D eigenvalue weighted by atomic mass is 35.5. The Hall–Kier alpha value is -1.95. The van der Waals surface area contributed by atoms with E-state index in [-0.39, 0.29) is 11.9 Å². The molecule has 1 saturated heterocycles. The van der Waals surface area contributed by atoms with Gasteiger partial charge in [-0.1, -0.05) is 29.8 Å². The van der Waals surface area contributed by atoms with Crippen molar-refractivity contribution in [2.45, 2.75) is 25.8 Å². The molecule has 3 aromatic rings. The van der Waals surface area contributed by atoms with Crippen LogP contribution in [0.4, 0.5) is 5.69 Å². The second kappa shape index (κ2) is 7.35. The molecule has 0 saturated carbocycles. The lowest BCUT2D eigenvalue weighted by Crippen LogP contribution is -2.32. The number of para-hydroxylation sites is 1. The molecule has 26 heavy (non-hydrogen) atoms. The summed E-state index contributed by atoms with van der Waals surface area (Å²) >= 11 is 7.87. The number of thiazole rings is 1. The summed E-state index contributed by atoms with van der Waals surface area (Å²) in [5.74, 6) is -0.0158. The number of carbonyl (C=O) groups excluding carboxylic acids is 1. The van der Waals surface area contributed by atoms with E-state index < -0.39 is 0 Å². The number of hydrogen-bond acceptors (Lipinski definition) is 4. The van der Waals surface area contributed by atoms with E-state index >= 15 is 0 Å². The molecule has 0 bridgehead atoms. The molecule has 0 radical (unpaired) electrons. The Labute approximate surface area is 161 Å². The maximum atomic E-state index is 12.5. The first-order chi connectivity index (χ1) is 12.6. The fourth-order valence-corrected chi connectivity index (χ4v) is 4.70. The minimum absolute atomic E-state index is 0.0158. The quantitative estimate of drug-likeness (QED) is 0.684. The number of nitrogens with zero attached hydrogens (tertiary/aromatic N) is 2. The zero-order valence-corrected chi connectivity index (χ0v) is 16.1. The van der Waals surface area contributed by atoms with Crippen molar-refractivity contribution >= 4 is 44.7 Å². The fourth-order valence-electron chi connectivity index (χ4n) is 3.38. The van der Waals surface area contributed by atoms with Gasteiger partial charge in [0.1, 0.15) is 5.01 Å². The maximum absolute atomic E-state index is 12.5. The number of fused-ring (bicyclic) bond motifs is 1. The number of halogens is 1. The van der Waals surface area contributed by atoms with Crippen LogP contribution in [0.25, 0.3) is 10.2 Å². The number of anilines is 1. The van der Waals surface area contributed by atoms with E-state index in [2.05, 4.69) is 16.3 Å². The van der Waals surface area contributed by atoms with E-state index in [1.807, 2.05) is 37.3 Å². The van der Waals surface area contributed by atoms with Crippen LogP contribution in [-0.2, 0) is 4.79 Å². The maximum Gasteiger partial charge on any atom is 0.238 e. The van der Waals surface area contributed by atoms with Crippen LogP contribution in [0.1, 0.15) is 29.5 Å². The second-order valence-electron chi connectivity index (χ2n) is 6.66. The van der Waals surface area contributed by atoms with Gasteiger partial charge in [0, 0.05) is 10.7 Å². The minimum atomic E-state index is -0.0158. The normalized spacial score (nSPS) is 17.7. The topological polar surface area (TPSA) is 45.2 Å². The van der Waals surface area contributed by atoms with Crippen molar-refractivity contribution in [3.8, 4) is 0 Å². The standard InChI is InChI=1S/C20H20ClN3OS/c1-13-8-9-14(11-15(13)21)22-19(25)12-24-10-4-6-17(24)20-23-16-5-2-3-7-18(16)26-20/h2-3,5,7-9,11,17H,4,6,10,12H2,1H3,(H,22,25). The number of amides is 1. The molecule has 1 aliphatic rings. The van der Waals surface area contributed by atoms with Crippen molar-refractivity contribution in [2.24, 2.45) is 0 Å². The largest absolute Gasteiger partial charge is 0.325 e. The predicted octanol–water partition coefficient (Wildman–Crippen LogP) is 5.03. The molecule has 1 unspecified atom stereocenters. The Morgan fingerprint density at radius 2 is 2.19 bits per heavy atom. The first-order valence-corrected chi connectivity index (χ1v) is 9.95. The van der Waals surface area contributed by atoms with Gasteiger partial charge in [0.2, 0.25) is 5.91 Å². The molecule has 1 aliphatic heterocycles. The van der Waals surface area contributed by atoms with Crippen molar-refractivity contribution in [3.63, 3.8) is 0 Å². The first kappa shape index (κ1) is 17.5. The SMILES string of the molecule is Cc1ccc(NC(=O)CN2CCCC2c2nc3ccccc3s2)cc1Cl. The summed E-state index contributed by atoms with van der Waals surface area (Å²) < 4.78 is 1.20. The smallest absolute Gasteiger partial charge is 0.238 e. The average Bonchev–Trinajstić information content (AvgIpc) is 3.24. The highest BCUT2D eigenvalue weighted by molar-refractivity contribution is 7.18. The van der Waals surface area contributed by atoms with Crippen molar-refractivity contribution in [3.05, 3.63) is 58.1 Å². The predicted molar refractivity (Wildman–Crippen MR) is 108 cm³/mol. The first-order valence-electron chi connectivity index (χ1n) is 8.76. The third kappa shape index (κ3) is 3.61. The molecule has 1 amide bonds. The summed E-state index contributed by atoms with van der Waals surface area (Å²) in [4.78, 5) is 19.5. The van der Waals surface area contributed by atoms with Crippen LogP contribution in [0.15, 0.2) is 42.5 Å². The number of carbonyl (C=O) groups is 1. The molecule has 4 nitrogen and oxygen atoms in total. The van der Waals surface area contributed by atoms with Gasteiger partial charge in [-0.3, -0.25) is 9.69 Å². The lowest BCUT2D eigenvalue weighted by molar-refractivity contribution is -0.117. The Balaban J connectivity index is 1.46. The van der Waals surface area contributed by atoms with Gasteiger partial charge in [0.05, 0.1) is 22.8 Å². The van der Waals surface area contributed by atoms with E-state index in [9.17, 15) is 4.79 Å². The average molecular weight is 386 g/mol. The van der Waals surface area contributed by atoms with E-state index in [1.54, 1.807) is 17.4 Å². The Morgan fingerprint density at radius 1 is 1.35 bits per heavy atom. The molecule has 1 N–H and O–H groups in total. The zero-order valence-electron chi connectivity index (χ0n) is 14.5. The summed E-state index contributed by atoms with van der Waals surface area (Å²) in [5, 5.41) is 4.72. The highest BCUT2D eigenvalue weighted by Gasteiger charge is 2.30. The van der Waals surface area contributed by atoms with Gasteiger partial charge in [0.25, 0.3) is 0 Å². The summed E-state index contributed by atoms with van der Waals surface area (Å²) in [5.41, 5.74) is 2.78. The number of rotatable bonds is 4. The summed E-state index contributed by atoms with van der Waals surface area (Å²) in [6, 6.07) is 14.0. The van der Waals surface area contributed by atoms with Gasteiger partial charge in [-0.05, 0) is 56.1 Å². The van der Waals surface area contributed by atoms with Crippen molar-refractivity contribution < 1.29 is 4.79 Å². The lowest BCUT2D eigenvalue weighted by atomic mass is 10.2. The summed E-state index contributed by atoms with van der Waals surface area (Å²) in [6.45, 7) is 3.23. The number of nitrogens with one attached hydrogen (secondary N) is 1. The molecular formula is C20H20ClN3OS. The minimum Gasteiger partial charge on any atom is -0.325 e. The van der Waals surface area contributed by atoms with Gasteiger partial charge < -0.3 is 5.32 Å². The molecule has 134 valence electrons. The van der Waals surface area contributed by atoms with Crippen LogP contribution in [0, 0.1) is 6.92 Å². The van der Waals surface area contributed by atoms with Crippen LogP contribution in [-0.4, -0.2) is 28.9 Å². The zero-order chi connectivity index (χ0) is 18.1. The van der Waals surface area contributed by atoms with Crippen LogP contribution in [0.2, 0.25) is 5.02 Å². The number of aromatic nitrogens is 1. The Morgan fingerprint density at radius 3 is 3.00 bits per heavy atom. The molecule has 0 aliphatic carbocycles. The molecule has 4 rings (SSSR count). The summed E-state index contributed by atoms with van der Waals surface area (Å²) in [7, 11) is 0. The van der Waals surface area contributed by atoms with E-state index in [0.717, 1.165) is 41.2 Å². The Bertz CT molecular complexity index is 922. The molecular weight excluding hydrogens is 366 g/mol. The van der Waals surface area contributed by atoms with Crippen molar-refractivity contribution in [1.82, 2.24) is 9.88 Å². The van der Waals surface area contributed by atoms with Crippen LogP contribution in [0.5, 0.6) is 0 Å². The van der Waals surface area contributed by atoms with Gasteiger partial charge in [-0.25, -0.2) is 4.98 Å². The van der Waals surface area contributed by atoms with Gasteiger partial charge in [-0.2, -0.15) is 0 Å². The second-order valence-corrected chi connectivity index (χ2v) is 8.13. The molecule has 2 aromatic carbocycles. The van der Waals surface area contributed by atoms with Crippen molar-refractivity contribution in [1.29, 1.82) is 0 Å². The number of hydrogen-bond donors (Lipinski definition) is 1. The lowest BCUT2D eigenvalue weighted by Gasteiger charge is -2.22. The third-order valence-corrected chi connectivity index (χ3v) is 6.31. The fraction of sp³-hybridized carbons (Fsp3) is 0.300. The molecule has 1 atom stereocenters. The molecule has 6 heteroatoms. The molecule has 0 spiro atoms. The number of aryl methyl sites for hydroxylation is 1. The van der Waals surface area contributed by atoms with Crippen LogP contribution in [0.3, 0.4) is 0 Å².